The molecule has 0 saturated heterocycles. The highest BCUT2D eigenvalue weighted by Gasteiger charge is 2.36. The highest BCUT2D eigenvalue weighted by atomic mass is 19.4. The molecule has 110 valence electrons. The molecule has 0 radical (unpaired) electrons. The van der Waals surface area contributed by atoms with Crippen LogP contribution >= 0.6 is 0 Å². The Bertz CT molecular complexity index is 368. The van der Waals surface area contributed by atoms with Crippen LogP contribution in [-0.4, -0.2) is 38.0 Å². The van der Waals surface area contributed by atoms with Crippen molar-refractivity contribution in [1.29, 1.82) is 0 Å². The van der Waals surface area contributed by atoms with Crippen molar-refractivity contribution in [2.45, 2.75) is 18.8 Å². The molecule has 0 aliphatic heterocycles. The predicted octanol–water partition coefficient (Wildman–Crippen LogP) is 2.14. The Kier molecular flexibility index (Phi) is 5.84. The van der Waals surface area contributed by atoms with E-state index in [1.165, 1.54) is 0 Å². The molecule has 0 unspecified atom stereocenters. The summed E-state index contributed by atoms with van der Waals surface area (Å²) in [5.41, 5.74) is -1.72. The molecule has 10 heteroatoms. The summed E-state index contributed by atoms with van der Waals surface area (Å²) in [6.07, 6.45) is -11.9. The van der Waals surface area contributed by atoms with Gasteiger partial charge in [-0.1, -0.05) is 6.08 Å². The maximum absolute atomic E-state index is 12.3. The molecule has 0 aromatic rings. The summed E-state index contributed by atoms with van der Waals surface area (Å²) >= 11 is 0. The van der Waals surface area contributed by atoms with Gasteiger partial charge in [0.1, 0.15) is 6.61 Å². The van der Waals surface area contributed by atoms with Gasteiger partial charge in [-0.25, -0.2) is 9.59 Å². The van der Waals surface area contributed by atoms with E-state index in [4.69, 9.17) is 0 Å². The van der Waals surface area contributed by atoms with Gasteiger partial charge in [0.15, 0.2) is 0 Å². The number of allylic oxidation sites excluding steroid dienone is 1. The lowest BCUT2D eigenvalue weighted by Crippen LogP contribution is -2.24. The molecule has 0 atom stereocenters. The number of ether oxygens (including phenoxy) is 2. The smallest absolute Gasteiger partial charge is 0.417 e. The molecular formula is C9H8F6O4. The van der Waals surface area contributed by atoms with E-state index in [-0.39, 0.29) is 6.08 Å². The fraction of sp³-hybridized carbons (Fsp3) is 0.556. The number of alkyl halides is 6. The molecule has 0 heterocycles. The topological polar surface area (TPSA) is 52.6 Å². The zero-order valence-electron chi connectivity index (χ0n) is 9.39. The van der Waals surface area contributed by atoms with Crippen LogP contribution in [-0.2, 0) is 19.1 Å². The third kappa shape index (κ3) is 7.32. The highest BCUT2D eigenvalue weighted by Crippen LogP contribution is 2.29. The Morgan fingerprint density at radius 1 is 1.05 bits per heavy atom. The largest absolute Gasteiger partial charge is 0.461 e. The summed E-state index contributed by atoms with van der Waals surface area (Å²) < 4.78 is 80.0. The minimum atomic E-state index is -5.11. The van der Waals surface area contributed by atoms with Crippen molar-refractivity contribution in [2.75, 3.05) is 13.7 Å². The minimum Gasteiger partial charge on any atom is -0.461 e. The van der Waals surface area contributed by atoms with Crippen LogP contribution in [0.25, 0.3) is 0 Å². The zero-order valence-corrected chi connectivity index (χ0v) is 9.39. The molecule has 0 aromatic carbocycles. The SMILES string of the molecule is COC(=O)C(=O)OC/C(=C/CC(F)(F)F)C(F)(F)F. The zero-order chi connectivity index (χ0) is 15.3. The van der Waals surface area contributed by atoms with Gasteiger partial charge in [-0.05, 0) is 0 Å². The molecule has 0 N–H and O–H groups in total. The Hall–Kier alpha value is -1.74. The molecule has 0 spiro atoms. The summed E-state index contributed by atoms with van der Waals surface area (Å²) in [5, 5.41) is 0. The van der Waals surface area contributed by atoms with Gasteiger partial charge in [-0.2, -0.15) is 26.3 Å². The number of carbonyl (C=O) groups excluding carboxylic acids is 2. The van der Waals surface area contributed by atoms with Crippen LogP contribution in [0.5, 0.6) is 0 Å². The number of rotatable bonds is 3. The second-order valence-corrected chi connectivity index (χ2v) is 3.11. The maximum atomic E-state index is 12.3. The first kappa shape index (κ1) is 17.3. The number of halogens is 6. The van der Waals surface area contributed by atoms with E-state index in [9.17, 15) is 35.9 Å². The standard InChI is InChI=1S/C9H8F6O4/c1-18-6(16)7(17)19-4-5(9(13,14)15)2-3-8(10,11)12/h2H,3-4H2,1H3/b5-2-. The van der Waals surface area contributed by atoms with Crippen molar-refractivity contribution in [3.63, 3.8) is 0 Å². The lowest BCUT2D eigenvalue weighted by Gasteiger charge is -2.12. The summed E-state index contributed by atoms with van der Waals surface area (Å²) in [6.45, 7) is -1.51. The van der Waals surface area contributed by atoms with Crippen molar-refractivity contribution >= 4 is 11.9 Å². The fourth-order valence-corrected chi connectivity index (χ4v) is 0.781. The van der Waals surface area contributed by atoms with E-state index < -0.39 is 42.9 Å². The molecule has 0 aromatic heterocycles. The van der Waals surface area contributed by atoms with Crippen LogP contribution in [0, 0.1) is 0 Å². The van der Waals surface area contributed by atoms with Crippen LogP contribution < -0.4 is 0 Å². The highest BCUT2D eigenvalue weighted by molar-refractivity contribution is 6.29. The Labute approximate surface area is 103 Å². The minimum absolute atomic E-state index is 0.162. The average Bonchev–Trinajstić information content (AvgIpc) is 2.24. The lowest BCUT2D eigenvalue weighted by atomic mass is 10.2. The second kappa shape index (κ2) is 6.43. The summed E-state index contributed by atoms with van der Waals surface area (Å²) in [6, 6.07) is 0. The number of hydrogen-bond donors (Lipinski definition) is 0. The molecule has 0 aliphatic rings. The van der Waals surface area contributed by atoms with Crippen LogP contribution in [0.1, 0.15) is 6.42 Å². The van der Waals surface area contributed by atoms with Gasteiger partial charge >= 0.3 is 24.3 Å². The molecule has 0 aliphatic carbocycles. The van der Waals surface area contributed by atoms with Gasteiger partial charge in [0, 0.05) is 0 Å². The van der Waals surface area contributed by atoms with Crippen LogP contribution in [0.2, 0.25) is 0 Å². The molecule has 0 rings (SSSR count). The van der Waals surface area contributed by atoms with Crippen molar-refractivity contribution in [3.8, 4) is 0 Å². The van der Waals surface area contributed by atoms with Crippen LogP contribution in [0.3, 0.4) is 0 Å². The molecule has 19 heavy (non-hydrogen) atoms. The predicted molar refractivity (Wildman–Crippen MR) is 47.8 cm³/mol. The fourth-order valence-electron chi connectivity index (χ4n) is 0.781. The molecule has 0 fully saturated rings. The molecule has 4 nitrogen and oxygen atoms in total. The molecule has 0 amide bonds. The van der Waals surface area contributed by atoms with E-state index in [1.807, 2.05) is 0 Å². The first-order chi connectivity index (χ1) is 8.47. The third-order valence-electron chi connectivity index (χ3n) is 1.65. The van der Waals surface area contributed by atoms with Crippen molar-refractivity contribution in [2.24, 2.45) is 0 Å². The second-order valence-electron chi connectivity index (χ2n) is 3.11. The van der Waals surface area contributed by atoms with E-state index in [0.717, 1.165) is 7.11 Å². The van der Waals surface area contributed by atoms with Crippen molar-refractivity contribution in [3.05, 3.63) is 11.6 Å². The van der Waals surface area contributed by atoms with Gasteiger partial charge in [0.05, 0.1) is 19.1 Å². The van der Waals surface area contributed by atoms with Crippen LogP contribution in [0.4, 0.5) is 26.3 Å². The van der Waals surface area contributed by atoms with Gasteiger partial charge < -0.3 is 9.47 Å². The third-order valence-corrected chi connectivity index (χ3v) is 1.65. The number of hydrogen-bond acceptors (Lipinski definition) is 4. The molecule has 0 saturated carbocycles. The monoisotopic (exact) mass is 294 g/mol. The normalized spacial score (nSPS) is 13.1. The summed E-state index contributed by atoms with van der Waals surface area (Å²) in [4.78, 5) is 21.2. The van der Waals surface area contributed by atoms with Crippen molar-refractivity contribution < 1.29 is 45.4 Å². The first-order valence-electron chi connectivity index (χ1n) is 4.55. The van der Waals surface area contributed by atoms with Gasteiger partial charge in [-0.3, -0.25) is 0 Å². The van der Waals surface area contributed by atoms with Crippen molar-refractivity contribution in [1.82, 2.24) is 0 Å². The van der Waals surface area contributed by atoms with E-state index in [2.05, 4.69) is 9.47 Å². The summed E-state index contributed by atoms with van der Waals surface area (Å²) in [5.74, 6) is -3.29. The first-order valence-corrected chi connectivity index (χ1v) is 4.55. The van der Waals surface area contributed by atoms with Gasteiger partial charge in [0.25, 0.3) is 0 Å². The Morgan fingerprint density at radius 3 is 1.95 bits per heavy atom. The summed E-state index contributed by atoms with van der Waals surface area (Å²) in [7, 11) is 0.785. The average molecular weight is 294 g/mol. The van der Waals surface area contributed by atoms with Gasteiger partial charge in [0.2, 0.25) is 0 Å². The number of methoxy groups -OCH3 is 1. The van der Waals surface area contributed by atoms with E-state index in [0.29, 0.717) is 0 Å². The van der Waals surface area contributed by atoms with Crippen LogP contribution in [0.15, 0.2) is 11.6 Å². The quantitative estimate of drug-likeness (QED) is 0.346. The number of carbonyl (C=O) groups is 2. The Balaban J connectivity index is 4.73. The number of esters is 2. The van der Waals surface area contributed by atoms with E-state index >= 15 is 0 Å². The Morgan fingerprint density at radius 2 is 1.58 bits per heavy atom. The molecule has 0 bridgehead atoms. The lowest BCUT2D eigenvalue weighted by molar-refractivity contribution is -0.166. The maximum Gasteiger partial charge on any atom is 0.417 e. The van der Waals surface area contributed by atoms with Gasteiger partial charge in [-0.15, -0.1) is 0 Å². The van der Waals surface area contributed by atoms with E-state index in [1.54, 1.807) is 0 Å². The molecular weight excluding hydrogens is 286 g/mol.